The number of H-pyrrole nitrogens is 1. The lowest BCUT2D eigenvalue weighted by Crippen LogP contribution is -1.96. The van der Waals surface area contributed by atoms with Crippen LogP contribution in [-0.4, -0.2) is 21.0 Å². The molecule has 0 saturated heterocycles. The molecule has 0 fully saturated rings. The molecule has 0 saturated carbocycles. The largest absolute Gasteiger partial charge is 0.481 e. The zero-order valence-electron chi connectivity index (χ0n) is 7.92. The third-order valence-corrected chi connectivity index (χ3v) is 1.98. The molecule has 2 N–H and O–H groups in total. The van der Waals surface area contributed by atoms with Gasteiger partial charge in [0.05, 0.1) is 5.69 Å². The molecule has 0 aromatic carbocycles. The highest BCUT2D eigenvalue weighted by Crippen LogP contribution is 2.05. The van der Waals surface area contributed by atoms with E-state index in [9.17, 15) is 4.79 Å². The summed E-state index contributed by atoms with van der Waals surface area (Å²) >= 11 is 0. The summed E-state index contributed by atoms with van der Waals surface area (Å²) in [5.41, 5.74) is 2.05. The maximum absolute atomic E-state index is 10.2. The minimum absolute atomic E-state index is 0.207. The molecule has 0 atom stereocenters. The zero-order chi connectivity index (χ0) is 9.84. The van der Waals surface area contributed by atoms with Crippen LogP contribution in [-0.2, 0) is 11.2 Å². The monoisotopic (exact) mass is 182 g/mol. The highest BCUT2D eigenvalue weighted by molar-refractivity contribution is 5.66. The molecule has 4 nitrogen and oxygen atoms in total. The molecule has 1 rings (SSSR count). The molecular weight excluding hydrogens is 168 g/mol. The van der Waals surface area contributed by atoms with Gasteiger partial charge in [-0.05, 0) is 20.3 Å². The molecule has 0 aliphatic rings. The third kappa shape index (κ3) is 2.89. The van der Waals surface area contributed by atoms with E-state index < -0.39 is 5.97 Å². The molecule has 72 valence electrons. The Morgan fingerprint density at radius 3 is 2.69 bits per heavy atom. The predicted octanol–water partition coefficient (Wildman–Crippen LogP) is 1.43. The van der Waals surface area contributed by atoms with Crippen molar-refractivity contribution < 1.29 is 9.90 Å². The predicted molar refractivity (Wildman–Crippen MR) is 48.6 cm³/mol. The Bertz CT molecular complexity index is 285. The summed E-state index contributed by atoms with van der Waals surface area (Å²) in [7, 11) is 0. The van der Waals surface area contributed by atoms with Crippen LogP contribution in [0, 0.1) is 13.8 Å². The number of nitrogens with one attached hydrogen (secondary N) is 1. The van der Waals surface area contributed by atoms with Crippen molar-refractivity contribution in [2.45, 2.75) is 33.1 Å². The number of carbonyl (C=O) groups is 1. The number of aryl methyl sites for hydroxylation is 3. The fourth-order valence-electron chi connectivity index (χ4n) is 1.15. The van der Waals surface area contributed by atoms with Gasteiger partial charge in [0.15, 0.2) is 0 Å². The fraction of sp³-hybridized carbons (Fsp3) is 0.556. The fourth-order valence-corrected chi connectivity index (χ4v) is 1.15. The second-order valence-corrected chi connectivity index (χ2v) is 3.14. The van der Waals surface area contributed by atoms with Crippen molar-refractivity contribution in [1.82, 2.24) is 9.97 Å². The van der Waals surface area contributed by atoms with Crippen LogP contribution < -0.4 is 0 Å². The number of hydrogen-bond donors (Lipinski definition) is 2. The summed E-state index contributed by atoms with van der Waals surface area (Å²) in [4.78, 5) is 17.6. The van der Waals surface area contributed by atoms with Crippen LogP contribution in [0.5, 0.6) is 0 Å². The first-order chi connectivity index (χ1) is 6.09. The lowest BCUT2D eigenvalue weighted by molar-refractivity contribution is -0.137. The van der Waals surface area contributed by atoms with Gasteiger partial charge in [0.25, 0.3) is 0 Å². The minimum Gasteiger partial charge on any atom is -0.481 e. The van der Waals surface area contributed by atoms with Crippen molar-refractivity contribution in [3.05, 3.63) is 17.2 Å². The Morgan fingerprint density at radius 1 is 1.54 bits per heavy atom. The third-order valence-electron chi connectivity index (χ3n) is 1.98. The van der Waals surface area contributed by atoms with E-state index in [-0.39, 0.29) is 6.42 Å². The molecule has 0 bridgehead atoms. The molecule has 0 unspecified atom stereocenters. The first-order valence-electron chi connectivity index (χ1n) is 4.33. The summed E-state index contributed by atoms with van der Waals surface area (Å²) in [6.07, 6.45) is 1.56. The van der Waals surface area contributed by atoms with Crippen molar-refractivity contribution in [2.24, 2.45) is 0 Å². The molecule has 1 heterocycles. The minimum atomic E-state index is -0.750. The number of hydrogen-bond acceptors (Lipinski definition) is 2. The van der Waals surface area contributed by atoms with Gasteiger partial charge in [-0.1, -0.05) is 0 Å². The Hall–Kier alpha value is -1.32. The average molecular weight is 182 g/mol. The van der Waals surface area contributed by atoms with Gasteiger partial charge >= 0.3 is 5.97 Å². The first-order valence-corrected chi connectivity index (χ1v) is 4.33. The van der Waals surface area contributed by atoms with Crippen molar-refractivity contribution in [3.8, 4) is 0 Å². The molecule has 0 amide bonds. The summed E-state index contributed by atoms with van der Waals surface area (Å²) in [6, 6.07) is 0. The van der Waals surface area contributed by atoms with Gasteiger partial charge in [0.2, 0.25) is 0 Å². The average Bonchev–Trinajstić information content (AvgIpc) is 2.30. The number of aromatic nitrogens is 2. The number of aromatic amines is 1. The highest BCUT2D eigenvalue weighted by atomic mass is 16.4. The standard InChI is InChI=1S/C9H14N2O2/c1-6-7(2)11-8(10-6)4-3-5-9(12)13/h3-5H2,1-2H3,(H,10,11)(H,12,13). The SMILES string of the molecule is Cc1nc(CCCC(=O)O)[nH]c1C. The summed E-state index contributed by atoms with van der Waals surface area (Å²) in [5, 5.41) is 8.42. The number of aliphatic carboxylic acids is 1. The quantitative estimate of drug-likeness (QED) is 0.740. The number of nitrogens with zero attached hydrogens (tertiary/aromatic N) is 1. The highest BCUT2D eigenvalue weighted by Gasteiger charge is 2.03. The van der Waals surface area contributed by atoms with Crippen LogP contribution in [0.3, 0.4) is 0 Å². The van der Waals surface area contributed by atoms with Crippen LogP contribution in [0.4, 0.5) is 0 Å². The Kier molecular flexibility index (Phi) is 3.06. The second-order valence-electron chi connectivity index (χ2n) is 3.14. The number of rotatable bonds is 4. The van der Waals surface area contributed by atoms with Gasteiger partial charge in [0, 0.05) is 18.5 Å². The zero-order valence-corrected chi connectivity index (χ0v) is 7.92. The van der Waals surface area contributed by atoms with Crippen molar-refractivity contribution in [3.63, 3.8) is 0 Å². The normalized spacial score (nSPS) is 10.3. The lowest BCUT2D eigenvalue weighted by Gasteiger charge is -1.93. The number of imidazole rings is 1. The van der Waals surface area contributed by atoms with Gasteiger partial charge in [0.1, 0.15) is 5.82 Å². The van der Waals surface area contributed by atoms with Gasteiger partial charge in [-0.25, -0.2) is 4.98 Å². The lowest BCUT2D eigenvalue weighted by atomic mass is 10.2. The van der Waals surface area contributed by atoms with Gasteiger partial charge in [-0.2, -0.15) is 0 Å². The maximum atomic E-state index is 10.2. The van der Waals surface area contributed by atoms with Crippen LogP contribution >= 0.6 is 0 Å². The summed E-state index contributed by atoms with van der Waals surface area (Å²) < 4.78 is 0. The Morgan fingerprint density at radius 2 is 2.23 bits per heavy atom. The van der Waals surface area contributed by atoms with Crippen LogP contribution in [0.25, 0.3) is 0 Å². The van der Waals surface area contributed by atoms with Crippen molar-refractivity contribution >= 4 is 5.97 Å². The molecular formula is C9H14N2O2. The molecule has 0 aliphatic carbocycles. The number of carboxylic acids is 1. The van der Waals surface area contributed by atoms with Gasteiger partial charge in [-0.3, -0.25) is 4.79 Å². The topological polar surface area (TPSA) is 66.0 Å². The van der Waals surface area contributed by atoms with Crippen LogP contribution in [0.15, 0.2) is 0 Å². The molecule has 4 heteroatoms. The van der Waals surface area contributed by atoms with E-state index in [1.807, 2.05) is 13.8 Å². The number of carboxylic acid groups (broad SMARTS) is 1. The first kappa shape index (κ1) is 9.77. The molecule has 1 aromatic rings. The van der Waals surface area contributed by atoms with Crippen LogP contribution in [0.2, 0.25) is 0 Å². The molecule has 0 aliphatic heterocycles. The van der Waals surface area contributed by atoms with E-state index in [1.165, 1.54) is 0 Å². The van der Waals surface area contributed by atoms with E-state index in [0.29, 0.717) is 12.8 Å². The van der Waals surface area contributed by atoms with E-state index >= 15 is 0 Å². The van der Waals surface area contributed by atoms with Gasteiger partial charge < -0.3 is 10.1 Å². The molecule has 1 aromatic heterocycles. The van der Waals surface area contributed by atoms with Crippen molar-refractivity contribution in [1.29, 1.82) is 0 Å². The van der Waals surface area contributed by atoms with Gasteiger partial charge in [-0.15, -0.1) is 0 Å². The van der Waals surface area contributed by atoms with E-state index in [2.05, 4.69) is 9.97 Å². The second kappa shape index (κ2) is 4.07. The van der Waals surface area contributed by atoms with E-state index in [0.717, 1.165) is 17.2 Å². The maximum Gasteiger partial charge on any atom is 0.303 e. The van der Waals surface area contributed by atoms with Crippen molar-refractivity contribution in [2.75, 3.05) is 0 Å². The smallest absolute Gasteiger partial charge is 0.303 e. The molecule has 0 spiro atoms. The molecule has 0 radical (unpaired) electrons. The summed E-state index contributed by atoms with van der Waals surface area (Å²) in [5.74, 6) is 0.135. The Balaban J connectivity index is 2.41. The molecule has 13 heavy (non-hydrogen) atoms. The Labute approximate surface area is 77.0 Å². The van der Waals surface area contributed by atoms with E-state index in [1.54, 1.807) is 0 Å². The summed E-state index contributed by atoms with van der Waals surface area (Å²) in [6.45, 7) is 3.90. The van der Waals surface area contributed by atoms with Crippen LogP contribution in [0.1, 0.15) is 30.1 Å². The van der Waals surface area contributed by atoms with E-state index in [4.69, 9.17) is 5.11 Å².